The lowest BCUT2D eigenvalue weighted by Gasteiger charge is -2.12. The molecule has 0 aliphatic rings. The lowest BCUT2D eigenvalue weighted by atomic mass is 10.1. The summed E-state index contributed by atoms with van der Waals surface area (Å²) in [5.41, 5.74) is 1.75. The monoisotopic (exact) mass is 493 g/mol. The fraction of sp³-hybridized carbons (Fsp3) is 0.320. The summed E-state index contributed by atoms with van der Waals surface area (Å²) in [4.78, 5) is 37.1. The van der Waals surface area contributed by atoms with Crippen molar-refractivity contribution < 1.29 is 14.3 Å². The predicted molar refractivity (Wildman–Crippen MR) is 136 cm³/mol. The summed E-state index contributed by atoms with van der Waals surface area (Å²) >= 11 is 1.24. The van der Waals surface area contributed by atoms with Crippen molar-refractivity contribution in [1.82, 2.24) is 19.2 Å². The number of para-hydroxylation sites is 1. The number of ketones is 1. The molecule has 2 aromatic heterocycles. The number of anilines is 1. The van der Waals surface area contributed by atoms with Gasteiger partial charge in [-0.15, -0.1) is 10.2 Å². The van der Waals surface area contributed by atoms with Crippen LogP contribution in [0.2, 0.25) is 0 Å². The second-order valence-corrected chi connectivity index (χ2v) is 9.28. The Morgan fingerprint density at radius 1 is 1.09 bits per heavy atom. The summed E-state index contributed by atoms with van der Waals surface area (Å²) in [6.07, 6.45) is 0.782. The number of hydrogen-bond donors (Lipinski definition) is 1. The van der Waals surface area contributed by atoms with Crippen molar-refractivity contribution in [2.45, 2.75) is 45.0 Å². The van der Waals surface area contributed by atoms with Gasteiger partial charge < -0.3 is 10.1 Å². The van der Waals surface area contributed by atoms with Gasteiger partial charge in [0, 0.05) is 24.4 Å². The van der Waals surface area contributed by atoms with Crippen molar-refractivity contribution in [3.8, 4) is 0 Å². The number of nitrogens with zero attached hydrogens (tertiary/aromatic N) is 4. The van der Waals surface area contributed by atoms with E-state index in [1.165, 1.54) is 18.7 Å². The number of ether oxygens (including phenoxy) is 1. The van der Waals surface area contributed by atoms with E-state index in [1.807, 2.05) is 36.4 Å². The fourth-order valence-corrected chi connectivity index (χ4v) is 4.43. The van der Waals surface area contributed by atoms with Gasteiger partial charge in [-0.3, -0.25) is 23.4 Å². The third kappa shape index (κ3) is 5.60. The van der Waals surface area contributed by atoms with Crippen molar-refractivity contribution in [3.05, 3.63) is 64.4 Å². The molecule has 0 spiro atoms. The van der Waals surface area contributed by atoms with E-state index in [9.17, 15) is 14.4 Å². The first-order chi connectivity index (χ1) is 16.8. The van der Waals surface area contributed by atoms with Crippen LogP contribution in [0.1, 0.15) is 37.6 Å². The average Bonchev–Trinajstić information content (AvgIpc) is 3.26. The van der Waals surface area contributed by atoms with Gasteiger partial charge in [0.2, 0.25) is 11.7 Å². The van der Waals surface area contributed by atoms with Gasteiger partial charge in [-0.05, 0) is 63.6 Å². The van der Waals surface area contributed by atoms with Gasteiger partial charge in [-0.1, -0.05) is 23.9 Å². The van der Waals surface area contributed by atoms with Gasteiger partial charge in [0.25, 0.3) is 5.56 Å². The molecule has 0 atom stereocenters. The molecule has 0 fully saturated rings. The third-order valence-corrected chi connectivity index (χ3v) is 6.29. The van der Waals surface area contributed by atoms with Crippen molar-refractivity contribution in [2.24, 2.45) is 0 Å². The molecule has 4 rings (SSSR count). The quantitative estimate of drug-likeness (QED) is 0.203. The first-order valence-electron chi connectivity index (χ1n) is 11.4. The number of thioether (sulfide) groups is 1. The number of rotatable bonds is 10. The van der Waals surface area contributed by atoms with E-state index in [4.69, 9.17) is 4.74 Å². The molecule has 0 radical (unpaired) electrons. The smallest absolute Gasteiger partial charge is 0.262 e. The second kappa shape index (κ2) is 10.8. The number of nitrogens with one attached hydrogen (secondary N) is 1. The van der Waals surface area contributed by atoms with Crippen LogP contribution in [-0.4, -0.2) is 49.3 Å². The number of hydrogen-bond acceptors (Lipinski definition) is 7. The van der Waals surface area contributed by atoms with E-state index < -0.39 is 0 Å². The number of aryl methyl sites for hydroxylation is 1. The molecule has 182 valence electrons. The molecule has 35 heavy (non-hydrogen) atoms. The molecule has 0 saturated carbocycles. The highest BCUT2D eigenvalue weighted by molar-refractivity contribution is 7.99. The van der Waals surface area contributed by atoms with Gasteiger partial charge in [0.15, 0.2) is 10.9 Å². The minimum atomic E-state index is -0.217. The van der Waals surface area contributed by atoms with Crippen LogP contribution < -0.4 is 10.9 Å². The average molecular weight is 494 g/mol. The zero-order valence-corrected chi connectivity index (χ0v) is 20.7. The molecule has 2 heterocycles. The molecule has 10 heteroatoms. The van der Waals surface area contributed by atoms with Crippen LogP contribution in [0.15, 0.2) is 58.5 Å². The van der Waals surface area contributed by atoms with Gasteiger partial charge >= 0.3 is 0 Å². The van der Waals surface area contributed by atoms with Gasteiger partial charge in [-0.2, -0.15) is 0 Å². The van der Waals surface area contributed by atoms with Crippen molar-refractivity contribution >= 4 is 45.8 Å². The molecule has 0 saturated heterocycles. The summed E-state index contributed by atoms with van der Waals surface area (Å²) in [5.74, 6) is 0.285. The molecule has 9 nitrogen and oxygen atoms in total. The number of Topliss-reactive ketones (excluding diaryl/α,β-unsaturated/α-hetero) is 1. The fourth-order valence-electron chi connectivity index (χ4n) is 3.69. The highest BCUT2D eigenvalue weighted by Gasteiger charge is 2.17. The van der Waals surface area contributed by atoms with Crippen LogP contribution in [0, 0.1) is 0 Å². The first-order valence-corrected chi connectivity index (χ1v) is 12.4. The highest BCUT2D eigenvalue weighted by Crippen LogP contribution is 2.22. The third-order valence-electron chi connectivity index (χ3n) is 5.36. The molecule has 0 unspecified atom stereocenters. The summed E-state index contributed by atoms with van der Waals surface area (Å²) in [6.45, 7) is 6.42. The Bertz CT molecular complexity index is 1430. The maximum Gasteiger partial charge on any atom is 0.262 e. The number of amides is 1. The zero-order valence-electron chi connectivity index (χ0n) is 19.9. The molecule has 1 N–H and O–H groups in total. The van der Waals surface area contributed by atoms with Gasteiger partial charge in [0.05, 0.1) is 22.8 Å². The van der Waals surface area contributed by atoms with Crippen LogP contribution in [0.5, 0.6) is 0 Å². The minimum Gasteiger partial charge on any atom is -0.379 e. The van der Waals surface area contributed by atoms with E-state index in [1.54, 1.807) is 34.9 Å². The molecular weight excluding hydrogens is 466 g/mol. The molecule has 2 aromatic carbocycles. The van der Waals surface area contributed by atoms with Crippen LogP contribution in [-0.2, 0) is 16.1 Å². The normalized spacial score (nSPS) is 11.4. The predicted octanol–water partition coefficient (Wildman–Crippen LogP) is 3.79. The van der Waals surface area contributed by atoms with Crippen molar-refractivity contribution in [3.63, 3.8) is 0 Å². The summed E-state index contributed by atoms with van der Waals surface area (Å²) in [7, 11) is 0. The van der Waals surface area contributed by atoms with Crippen LogP contribution in [0.25, 0.3) is 16.7 Å². The largest absolute Gasteiger partial charge is 0.379 e. The minimum absolute atomic E-state index is 0.0322. The van der Waals surface area contributed by atoms with Gasteiger partial charge in [-0.25, -0.2) is 0 Å². The number of carbonyl (C=O) groups excluding carboxylic acids is 2. The Labute approximate surface area is 206 Å². The van der Waals surface area contributed by atoms with Crippen molar-refractivity contribution in [1.29, 1.82) is 0 Å². The molecular formula is C25H27N5O4S. The summed E-state index contributed by atoms with van der Waals surface area (Å²) in [6, 6.07) is 14.0. The van der Waals surface area contributed by atoms with E-state index in [-0.39, 0.29) is 29.1 Å². The molecule has 1 amide bonds. The summed E-state index contributed by atoms with van der Waals surface area (Å²) < 4.78 is 9.05. The Balaban J connectivity index is 1.56. The van der Waals surface area contributed by atoms with Crippen LogP contribution in [0.4, 0.5) is 5.69 Å². The molecule has 0 aliphatic heterocycles. The maximum atomic E-state index is 13.2. The molecule has 0 bridgehead atoms. The topological polar surface area (TPSA) is 108 Å². The SMILES string of the molecule is CC(=O)c1ccc(NC(=O)CSc2nnc3n(CCCOC(C)C)c(=O)c4ccccc4n23)cc1. The number of carbonyl (C=O) groups is 2. The van der Waals surface area contributed by atoms with Crippen molar-refractivity contribution in [2.75, 3.05) is 17.7 Å². The molecule has 4 aromatic rings. The Kier molecular flexibility index (Phi) is 7.62. The maximum absolute atomic E-state index is 13.2. The Hall–Kier alpha value is -3.50. The summed E-state index contributed by atoms with van der Waals surface area (Å²) in [5, 5.41) is 12.5. The lowest BCUT2D eigenvalue weighted by molar-refractivity contribution is -0.113. The number of fused-ring (bicyclic) bond motifs is 3. The zero-order chi connectivity index (χ0) is 24.9. The first kappa shape index (κ1) is 24.6. The van der Waals surface area contributed by atoms with E-state index in [2.05, 4.69) is 15.5 Å². The number of benzene rings is 2. The highest BCUT2D eigenvalue weighted by atomic mass is 32.2. The number of aromatic nitrogens is 4. The standard InChI is InChI=1S/C25H27N5O4S/c1-16(2)34-14-6-13-29-23(33)20-7-4-5-8-21(20)30-24(29)27-28-25(30)35-15-22(32)26-19-11-9-18(10-12-19)17(3)31/h4-5,7-12,16H,6,13-15H2,1-3H3,(H,26,32). The van der Waals surface area contributed by atoms with E-state index in [0.29, 0.717) is 52.7 Å². The van der Waals surface area contributed by atoms with Crippen LogP contribution >= 0.6 is 11.8 Å². The second-order valence-electron chi connectivity index (χ2n) is 8.34. The van der Waals surface area contributed by atoms with E-state index >= 15 is 0 Å². The van der Waals surface area contributed by atoms with E-state index in [0.717, 1.165) is 0 Å². The lowest BCUT2D eigenvalue weighted by Crippen LogP contribution is -2.24. The molecule has 0 aliphatic carbocycles. The Morgan fingerprint density at radius 2 is 1.83 bits per heavy atom. The van der Waals surface area contributed by atoms with Gasteiger partial charge in [0.1, 0.15) is 0 Å². The Morgan fingerprint density at radius 3 is 2.54 bits per heavy atom. The van der Waals surface area contributed by atoms with Crippen LogP contribution in [0.3, 0.4) is 0 Å².